The lowest BCUT2D eigenvalue weighted by Gasteiger charge is -2.14. The maximum Gasteiger partial charge on any atom is 0.324 e. The summed E-state index contributed by atoms with van der Waals surface area (Å²) in [6.45, 7) is 0. The second-order valence-corrected chi connectivity index (χ2v) is 9.12. The molecule has 0 saturated carbocycles. The van der Waals surface area contributed by atoms with Crippen LogP contribution in [0.5, 0.6) is 23.0 Å². The van der Waals surface area contributed by atoms with Crippen molar-refractivity contribution in [1.29, 1.82) is 0 Å². The van der Waals surface area contributed by atoms with Crippen LogP contribution in [-0.2, 0) is 0 Å². The standard InChI is InChI=1S/C23H20N4O7S2/c1-31-14-5-6-15-19(11-14)36-23(25-15)26(22(28)18-7-8-20(35-18)27(29)30)24-12-13-9-16(32-2)21(34-4)17(10-13)33-3/h5-12H,1-4H3/b24-12+. The van der Waals surface area contributed by atoms with Gasteiger partial charge in [0.05, 0.1) is 49.8 Å². The number of ether oxygens (including phenoxy) is 4. The average molecular weight is 529 g/mol. The number of hydrogen-bond donors (Lipinski definition) is 0. The molecule has 4 rings (SSSR count). The Morgan fingerprint density at radius 2 is 1.72 bits per heavy atom. The SMILES string of the molecule is COc1ccc2nc(N(/N=C/c3cc(OC)c(OC)c(OC)c3)C(=O)c3ccc([N+](=O)[O-])s3)sc2c1. The van der Waals surface area contributed by atoms with Crippen molar-refractivity contribution in [1.82, 2.24) is 4.98 Å². The van der Waals surface area contributed by atoms with E-state index in [4.69, 9.17) is 18.9 Å². The molecule has 0 unspecified atom stereocenters. The minimum absolute atomic E-state index is 0.139. The summed E-state index contributed by atoms with van der Waals surface area (Å²) in [6.07, 6.45) is 1.44. The van der Waals surface area contributed by atoms with Crippen LogP contribution < -0.4 is 24.0 Å². The summed E-state index contributed by atoms with van der Waals surface area (Å²) in [5.74, 6) is 1.32. The molecule has 0 atom stereocenters. The summed E-state index contributed by atoms with van der Waals surface area (Å²) >= 11 is 1.99. The van der Waals surface area contributed by atoms with E-state index in [1.165, 1.54) is 51.0 Å². The Bertz CT molecular complexity index is 1440. The molecule has 36 heavy (non-hydrogen) atoms. The molecule has 2 aromatic heterocycles. The quantitative estimate of drug-likeness (QED) is 0.169. The second-order valence-electron chi connectivity index (χ2n) is 7.05. The zero-order valence-electron chi connectivity index (χ0n) is 19.6. The number of carbonyl (C=O) groups is 1. The number of thiophene rings is 1. The number of amides is 1. The van der Waals surface area contributed by atoms with Gasteiger partial charge in [-0.2, -0.15) is 10.1 Å². The Morgan fingerprint density at radius 1 is 1.00 bits per heavy atom. The number of benzene rings is 2. The highest BCUT2D eigenvalue weighted by molar-refractivity contribution is 7.22. The van der Waals surface area contributed by atoms with Gasteiger partial charge in [0, 0.05) is 11.6 Å². The fraction of sp³-hybridized carbons (Fsp3) is 0.174. The first-order valence-corrected chi connectivity index (χ1v) is 11.9. The van der Waals surface area contributed by atoms with Gasteiger partial charge in [0.2, 0.25) is 10.9 Å². The molecule has 2 heterocycles. The monoisotopic (exact) mass is 528 g/mol. The number of anilines is 1. The zero-order valence-corrected chi connectivity index (χ0v) is 21.2. The Kier molecular flexibility index (Phi) is 7.31. The number of rotatable bonds is 9. The first-order valence-electron chi connectivity index (χ1n) is 10.3. The third-order valence-electron chi connectivity index (χ3n) is 4.95. The Morgan fingerprint density at radius 3 is 2.31 bits per heavy atom. The number of methoxy groups -OCH3 is 4. The highest BCUT2D eigenvalue weighted by atomic mass is 32.1. The molecule has 0 N–H and O–H groups in total. The second kappa shape index (κ2) is 10.6. The van der Waals surface area contributed by atoms with E-state index in [0.29, 0.717) is 34.1 Å². The lowest BCUT2D eigenvalue weighted by molar-refractivity contribution is -0.380. The minimum atomic E-state index is -0.567. The molecule has 13 heteroatoms. The van der Waals surface area contributed by atoms with E-state index in [-0.39, 0.29) is 15.0 Å². The highest BCUT2D eigenvalue weighted by Gasteiger charge is 2.25. The first kappa shape index (κ1) is 24.9. The molecule has 0 aliphatic heterocycles. The Balaban J connectivity index is 1.78. The van der Waals surface area contributed by atoms with Crippen LogP contribution in [0.15, 0.2) is 47.6 Å². The van der Waals surface area contributed by atoms with Crippen LogP contribution >= 0.6 is 22.7 Å². The number of hydrogen-bond acceptors (Lipinski definition) is 11. The van der Waals surface area contributed by atoms with Crippen LogP contribution in [-0.4, -0.2) is 50.5 Å². The molecular formula is C23H20N4O7S2. The van der Waals surface area contributed by atoms with Crippen molar-refractivity contribution in [3.05, 3.63) is 63.0 Å². The van der Waals surface area contributed by atoms with Crippen molar-refractivity contribution in [2.45, 2.75) is 0 Å². The average Bonchev–Trinajstić information content (AvgIpc) is 3.55. The molecule has 0 fully saturated rings. The highest BCUT2D eigenvalue weighted by Crippen LogP contribution is 2.38. The molecule has 4 aromatic rings. The van der Waals surface area contributed by atoms with E-state index in [0.717, 1.165) is 21.0 Å². The molecule has 186 valence electrons. The van der Waals surface area contributed by atoms with Crippen LogP contribution in [0, 0.1) is 10.1 Å². The normalized spacial score (nSPS) is 11.0. The van der Waals surface area contributed by atoms with Gasteiger partial charge in [0.25, 0.3) is 5.91 Å². The molecular weight excluding hydrogens is 508 g/mol. The molecule has 0 spiro atoms. The van der Waals surface area contributed by atoms with Crippen LogP contribution in [0.1, 0.15) is 15.2 Å². The largest absolute Gasteiger partial charge is 0.497 e. The van der Waals surface area contributed by atoms with E-state index in [9.17, 15) is 14.9 Å². The minimum Gasteiger partial charge on any atom is -0.497 e. The van der Waals surface area contributed by atoms with E-state index in [1.54, 1.807) is 37.4 Å². The zero-order chi connectivity index (χ0) is 25.8. The topological polar surface area (TPSA) is 126 Å². The van der Waals surface area contributed by atoms with Gasteiger partial charge in [-0.15, -0.1) is 0 Å². The molecule has 0 bridgehead atoms. The van der Waals surface area contributed by atoms with Crippen LogP contribution in [0.2, 0.25) is 0 Å². The van der Waals surface area contributed by atoms with E-state index in [1.807, 2.05) is 0 Å². The predicted molar refractivity (Wildman–Crippen MR) is 138 cm³/mol. The number of hydrazone groups is 1. The molecule has 0 saturated heterocycles. The van der Waals surface area contributed by atoms with Gasteiger partial charge in [-0.3, -0.25) is 14.9 Å². The number of thiazole rings is 1. The van der Waals surface area contributed by atoms with E-state index < -0.39 is 10.8 Å². The van der Waals surface area contributed by atoms with Crippen LogP contribution in [0.3, 0.4) is 0 Å². The molecule has 2 aromatic carbocycles. The molecule has 0 radical (unpaired) electrons. The van der Waals surface area contributed by atoms with Crippen LogP contribution in [0.25, 0.3) is 10.2 Å². The van der Waals surface area contributed by atoms with Crippen molar-refractivity contribution in [3.8, 4) is 23.0 Å². The number of fused-ring (bicyclic) bond motifs is 1. The molecule has 0 aliphatic carbocycles. The maximum absolute atomic E-state index is 13.4. The molecule has 0 aliphatic rings. The van der Waals surface area contributed by atoms with Gasteiger partial charge in [0.15, 0.2) is 11.5 Å². The Labute approximate surface area is 213 Å². The van der Waals surface area contributed by atoms with E-state index >= 15 is 0 Å². The van der Waals surface area contributed by atoms with Crippen molar-refractivity contribution in [3.63, 3.8) is 0 Å². The van der Waals surface area contributed by atoms with Gasteiger partial charge in [-0.1, -0.05) is 22.7 Å². The van der Waals surface area contributed by atoms with Gasteiger partial charge in [-0.05, 0) is 36.4 Å². The van der Waals surface area contributed by atoms with Gasteiger partial charge in [0.1, 0.15) is 10.6 Å². The van der Waals surface area contributed by atoms with Crippen molar-refractivity contribution in [2.75, 3.05) is 33.4 Å². The summed E-state index contributed by atoms with van der Waals surface area (Å²) in [5, 5.41) is 16.8. The summed E-state index contributed by atoms with van der Waals surface area (Å²) in [7, 11) is 6.04. The fourth-order valence-corrected chi connectivity index (χ4v) is 4.94. The van der Waals surface area contributed by atoms with Crippen molar-refractivity contribution in [2.24, 2.45) is 5.10 Å². The van der Waals surface area contributed by atoms with Crippen LogP contribution in [0.4, 0.5) is 10.1 Å². The first-order chi connectivity index (χ1) is 17.4. The number of nitro groups is 1. The Hall–Kier alpha value is -4.23. The van der Waals surface area contributed by atoms with Crippen molar-refractivity contribution >= 4 is 55.1 Å². The van der Waals surface area contributed by atoms with Gasteiger partial charge >= 0.3 is 5.00 Å². The summed E-state index contributed by atoms with van der Waals surface area (Å²) in [6, 6.07) is 11.4. The van der Waals surface area contributed by atoms with Gasteiger partial charge < -0.3 is 18.9 Å². The smallest absolute Gasteiger partial charge is 0.324 e. The van der Waals surface area contributed by atoms with E-state index in [2.05, 4.69) is 10.1 Å². The summed E-state index contributed by atoms with van der Waals surface area (Å²) in [4.78, 5) is 28.7. The fourth-order valence-electron chi connectivity index (χ4n) is 3.24. The number of nitrogens with zero attached hydrogens (tertiary/aromatic N) is 4. The molecule has 1 amide bonds. The lowest BCUT2D eigenvalue weighted by Crippen LogP contribution is -2.24. The van der Waals surface area contributed by atoms with Gasteiger partial charge in [-0.25, -0.2) is 4.98 Å². The lowest BCUT2D eigenvalue weighted by atomic mass is 10.2. The third kappa shape index (κ3) is 4.92. The third-order valence-corrected chi connectivity index (χ3v) is 6.97. The number of carbonyl (C=O) groups excluding carboxylic acids is 1. The summed E-state index contributed by atoms with van der Waals surface area (Å²) < 4.78 is 22.2. The number of aromatic nitrogens is 1. The molecule has 11 nitrogen and oxygen atoms in total. The summed E-state index contributed by atoms with van der Waals surface area (Å²) in [5.41, 5.74) is 1.20. The maximum atomic E-state index is 13.4. The predicted octanol–water partition coefficient (Wildman–Crippen LogP) is 4.98. The van der Waals surface area contributed by atoms with Crippen molar-refractivity contribution < 1.29 is 28.7 Å².